The monoisotopic (exact) mass is 401 g/mol. The van der Waals surface area contributed by atoms with Crippen molar-refractivity contribution in [2.75, 3.05) is 26.8 Å². The highest BCUT2D eigenvalue weighted by Crippen LogP contribution is 2.47. The number of benzene rings is 1. The van der Waals surface area contributed by atoms with E-state index in [0.29, 0.717) is 36.7 Å². The van der Waals surface area contributed by atoms with E-state index >= 15 is 0 Å². The van der Waals surface area contributed by atoms with Gasteiger partial charge in [-0.1, -0.05) is 6.92 Å². The summed E-state index contributed by atoms with van der Waals surface area (Å²) in [5, 5.41) is 11.7. The van der Waals surface area contributed by atoms with Crippen LogP contribution < -0.4 is 4.74 Å². The molecule has 0 N–H and O–H groups in total. The highest BCUT2D eigenvalue weighted by molar-refractivity contribution is 7.10. The predicted octanol–water partition coefficient (Wildman–Crippen LogP) is 3.53. The largest absolute Gasteiger partial charge is 0.496 e. The number of carbonyl (C=O) groups is 1. The summed E-state index contributed by atoms with van der Waals surface area (Å²) in [6, 6.07) is 4.48. The van der Waals surface area contributed by atoms with E-state index in [9.17, 15) is 9.18 Å². The van der Waals surface area contributed by atoms with Gasteiger partial charge in [0.15, 0.2) is 0 Å². The first-order valence-electron chi connectivity index (χ1n) is 9.09. The molecule has 28 heavy (non-hydrogen) atoms. The van der Waals surface area contributed by atoms with Crippen LogP contribution in [0.4, 0.5) is 4.39 Å². The zero-order valence-electron chi connectivity index (χ0n) is 15.7. The van der Waals surface area contributed by atoms with Crippen molar-refractivity contribution in [2.24, 2.45) is 5.41 Å². The van der Waals surface area contributed by atoms with Crippen molar-refractivity contribution in [1.29, 1.82) is 5.26 Å². The van der Waals surface area contributed by atoms with E-state index in [-0.39, 0.29) is 23.0 Å². The second kappa shape index (κ2) is 7.15. The lowest BCUT2D eigenvalue weighted by atomic mass is 10.1. The van der Waals surface area contributed by atoms with Crippen molar-refractivity contribution in [3.63, 3.8) is 0 Å². The van der Waals surface area contributed by atoms with Gasteiger partial charge < -0.3 is 14.4 Å². The van der Waals surface area contributed by atoms with Gasteiger partial charge in [-0.15, -0.1) is 11.3 Å². The second-order valence-corrected chi connectivity index (χ2v) is 8.28. The van der Waals surface area contributed by atoms with Gasteiger partial charge in [0.05, 0.1) is 31.5 Å². The number of methoxy groups -OCH3 is 1. The summed E-state index contributed by atoms with van der Waals surface area (Å²) < 4.78 is 25.0. The van der Waals surface area contributed by atoms with Gasteiger partial charge in [0, 0.05) is 29.0 Å². The maximum Gasteiger partial charge on any atom is 0.228 e. The Balaban J connectivity index is 1.58. The maximum atomic E-state index is 13.9. The Kier molecular flexibility index (Phi) is 4.81. The van der Waals surface area contributed by atoms with Crippen molar-refractivity contribution in [3.8, 4) is 23.1 Å². The van der Waals surface area contributed by atoms with E-state index in [1.54, 1.807) is 0 Å². The summed E-state index contributed by atoms with van der Waals surface area (Å²) in [5.74, 6) is -0.121. The topological polar surface area (TPSA) is 75.5 Å². The minimum Gasteiger partial charge on any atom is -0.496 e. The molecule has 1 atom stereocenters. The van der Waals surface area contributed by atoms with Gasteiger partial charge in [-0.25, -0.2) is 9.37 Å². The Labute approximate surface area is 166 Å². The highest BCUT2D eigenvalue weighted by Gasteiger charge is 2.48. The number of morpholine rings is 1. The van der Waals surface area contributed by atoms with Crippen LogP contribution in [0.1, 0.15) is 36.4 Å². The van der Waals surface area contributed by atoms with Crippen LogP contribution in [0.3, 0.4) is 0 Å². The number of rotatable bonds is 4. The first kappa shape index (κ1) is 18.8. The first-order valence-corrected chi connectivity index (χ1v) is 9.97. The Morgan fingerprint density at radius 1 is 1.50 bits per heavy atom. The number of thiazole rings is 1. The van der Waals surface area contributed by atoms with Gasteiger partial charge in [-0.2, -0.15) is 5.26 Å². The van der Waals surface area contributed by atoms with Crippen LogP contribution in [-0.4, -0.2) is 42.6 Å². The standard InChI is InChI=1S/C20H20FN3O3S/c1-20(3-4-20)19(25)24-5-6-27-17(10-24)18-23-15(11-28-18)13-7-12(9-22)14(21)8-16(13)26-2/h7-8,11,17H,3-6,10H2,1-2H3/t17-/m1/s1. The number of halogens is 1. The van der Waals surface area contributed by atoms with Crippen LogP contribution in [0.5, 0.6) is 5.75 Å². The minimum atomic E-state index is -0.628. The van der Waals surface area contributed by atoms with Gasteiger partial charge in [-0.3, -0.25) is 4.79 Å². The summed E-state index contributed by atoms with van der Waals surface area (Å²) >= 11 is 1.42. The van der Waals surface area contributed by atoms with Gasteiger partial charge in [0.25, 0.3) is 0 Å². The fourth-order valence-electron chi connectivity index (χ4n) is 3.34. The molecule has 2 aliphatic rings. The van der Waals surface area contributed by atoms with Gasteiger partial charge in [0.1, 0.15) is 28.7 Å². The molecule has 0 bridgehead atoms. The van der Waals surface area contributed by atoms with Crippen LogP contribution in [0.25, 0.3) is 11.3 Å². The second-order valence-electron chi connectivity index (χ2n) is 7.39. The molecule has 1 saturated carbocycles. The molecule has 0 radical (unpaired) electrons. The van der Waals surface area contributed by atoms with E-state index in [1.165, 1.54) is 30.6 Å². The lowest BCUT2D eigenvalue weighted by Crippen LogP contribution is -2.45. The third-order valence-corrected chi connectivity index (χ3v) is 6.29. The number of hydrogen-bond acceptors (Lipinski definition) is 6. The Bertz CT molecular complexity index is 964. The number of hydrogen-bond donors (Lipinski definition) is 0. The zero-order valence-corrected chi connectivity index (χ0v) is 16.5. The third-order valence-electron chi connectivity index (χ3n) is 5.35. The molecule has 1 aromatic heterocycles. The normalized spacial score (nSPS) is 20.5. The summed E-state index contributed by atoms with van der Waals surface area (Å²) in [5.41, 5.74) is 0.880. The average Bonchev–Trinajstić information content (AvgIpc) is 3.28. The van der Waals surface area contributed by atoms with E-state index in [4.69, 9.17) is 14.7 Å². The first-order chi connectivity index (χ1) is 13.4. The molecular weight excluding hydrogens is 381 g/mol. The Morgan fingerprint density at radius 2 is 2.29 bits per heavy atom. The Hall–Kier alpha value is -2.50. The minimum absolute atomic E-state index is 0.0614. The molecule has 8 heteroatoms. The molecule has 2 aromatic rings. The molecule has 2 fully saturated rings. The fourth-order valence-corrected chi connectivity index (χ4v) is 4.19. The van der Waals surface area contributed by atoms with Crippen LogP contribution >= 0.6 is 11.3 Å². The SMILES string of the molecule is COc1cc(F)c(C#N)cc1-c1csc([C@H]2CN(C(=O)C3(C)CC3)CCO2)n1. The van der Waals surface area contributed by atoms with Crippen molar-refractivity contribution < 1.29 is 18.7 Å². The molecule has 6 nitrogen and oxygen atoms in total. The van der Waals surface area contributed by atoms with Gasteiger partial charge in [0.2, 0.25) is 5.91 Å². The molecule has 1 aliphatic heterocycles. The van der Waals surface area contributed by atoms with Crippen molar-refractivity contribution in [3.05, 3.63) is 33.9 Å². The van der Waals surface area contributed by atoms with Crippen molar-refractivity contribution in [2.45, 2.75) is 25.9 Å². The maximum absolute atomic E-state index is 13.9. The summed E-state index contributed by atoms with van der Waals surface area (Å²) in [6.07, 6.45) is 1.60. The molecule has 0 spiro atoms. The molecular formula is C20H20FN3O3S. The summed E-state index contributed by atoms with van der Waals surface area (Å²) in [4.78, 5) is 19.1. The van der Waals surface area contributed by atoms with Crippen LogP contribution in [-0.2, 0) is 9.53 Å². The summed E-state index contributed by atoms with van der Waals surface area (Å²) in [7, 11) is 1.45. The molecule has 146 valence electrons. The van der Waals surface area contributed by atoms with E-state index in [1.807, 2.05) is 23.3 Å². The molecule has 1 amide bonds. The van der Waals surface area contributed by atoms with E-state index < -0.39 is 5.82 Å². The van der Waals surface area contributed by atoms with Crippen molar-refractivity contribution in [1.82, 2.24) is 9.88 Å². The number of carbonyl (C=O) groups excluding carboxylic acids is 1. The van der Waals surface area contributed by atoms with Crippen LogP contribution in [0.15, 0.2) is 17.5 Å². The lowest BCUT2D eigenvalue weighted by Gasteiger charge is -2.33. The van der Waals surface area contributed by atoms with Crippen molar-refractivity contribution >= 4 is 17.2 Å². The molecule has 4 rings (SSSR count). The Morgan fingerprint density at radius 3 is 2.96 bits per heavy atom. The molecule has 1 aromatic carbocycles. The van der Waals surface area contributed by atoms with Gasteiger partial charge in [-0.05, 0) is 18.9 Å². The average molecular weight is 401 g/mol. The number of ether oxygens (including phenoxy) is 2. The van der Waals surface area contributed by atoms with E-state index in [0.717, 1.165) is 17.8 Å². The molecule has 1 aliphatic carbocycles. The van der Waals surface area contributed by atoms with Gasteiger partial charge >= 0.3 is 0 Å². The quantitative estimate of drug-likeness (QED) is 0.783. The lowest BCUT2D eigenvalue weighted by molar-refractivity contribution is -0.144. The van der Waals surface area contributed by atoms with Crippen LogP contribution in [0, 0.1) is 22.6 Å². The number of nitrogens with zero attached hydrogens (tertiary/aromatic N) is 3. The smallest absolute Gasteiger partial charge is 0.228 e. The highest BCUT2D eigenvalue weighted by atomic mass is 32.1. The fraction of sp³-hybridized carbons (Fsp3) is 0.450. The van der Waals surface area contributed by atoms with E-state index in [2.05, 4.69) is 4.98 Å². The molecule has 1 saturated heterocycles. The molecule has 2 heterocycles. The third kappa shape index (κ3) is 3.36. The number of nitriles is 1. The number of amides is 1. The molecule has 0 unspecified atom stereocenters. The van der Waals surface area contributed by atoms with Crippen LogP contribution in [0.2, 0.25) is 0 Å². The summed E-state index contributed by atoms with van der Waals surface area (Å²) in [6.45, 7) is 3.56. The number of aromatic nitrogens is 1. The predicted molar refractivity (Wildman–Crippen MR) is 101 cm³/mol. The zero-order chi connectivity index (χ0) is 19.9.